The van der Waals surface area contributed by atoms with Crippen molar-refractivity contribution in [2.75, 3.05) is 13.1 Å². The molecule has 24 heavy (non-hydrogen) atoms. The molecular formula is C18H27N3O3. The molecule has 0 bridgehead atoms. The lowest BCUT2D eigenvalue weighted by molar-refractivity contribution is -0.150. The molecule has 3 rings (SSSR count). The molecule has 1 aliphatic heterocycles. The third kappa shape index (κ3) is 3.19. The minimum atomic E-state index is -0.846. The molecule has 1 saturated carbocycles. The Morgan fingerprint density at radius 1 is 1.42 bits per heavy atom. The number of aromatic nitrogens is 2. The first-order valence-electron chi connectivity index (χ1n) is 8.90. The van der Waals surface area contributed by atoms with E-state index in [-0.39, 0.29) is 12.5 Å². The summed E-state index contributed by atoms with van der Waals surface area (Å²) in [6.45, 7) is 7.73. The topological polar surface area (TPSA) is 75.4 Å². The Labute approximate surface area is 142 Å². The molecule has 1 atom stereocenters. The lowest BCUT2D eigenvalue weighted by Gasteiger charge is -2.37. The van der Waals surface area contributed by atoms with Gasteiger partial charge < -0.3 is 10.0 Å². The summed E-state index contributed by atoms with van der Waals surface area (Å²) < 4.78 is 1.98. The van der Waals surface area contributed by atoms with Gasteiger partial charge in [0.25, 0.3) is 5.91 Å². The minimum absolute atomic E-state index is 0.0564. The summed E-state index contributed by atoms with van der Waals surface area (Å²) in [6.07, 6.45) is 5.25. The zero-order valence-corrected chi connectivity index (χ0v) is 14.8. The highest BCUT2D eigenvalue weighted by Gasteiger charge is 2.41. The number of carbonyl (C=O) groups is 2. The summed E-state index contributed by atoms with van der Waals surface area (Å²) in [4.78, 5) is 26.3. The normalized spacial score (nSPS) is 24.4. The fraction of sp³-hybridized carbons (Fsp3) is 0.722. The molecule has 132 valence electrons. The predicted octanol–water partition coefficient (Wildman–Crippen LogP) is 2.74. The van der Waals surface area contributed by atoms with Crippen molar-refractivity contribution in [3.05, 3.63) is 17.5 Å². The van der Waals surface area contributed by atoms with E-state index in [2.05, 4.69) is 18.9 Å². The van der Waals surface area contributed by atoms with E-state index in [9.17, 15) is 14.7 Å². The van der Waals surface area contributed by atoms with E-state index in [1.165, 1.54) is 0 Å². The first-order chi connectivity index (χ1) is 11.3. The Morgan fingerprint density at radius 2 is 2.12 bits per heavy atom. The van der Waals surface area contributed by atoms with Crippen LogP contribution in [0.4, 0.5) is 0 Å². The van der Waals surface area contributed by atoms with E-state index < -0.39 is 11.4 Å². The predicted molar refractivity (Wildman–Crippen MR) is 89.9 cm³/mol. The second-order valence-corrected chi connectivity index (χ2v) is 7.99. The average Bonchev–Trinajstić information content (AvgIpc) is 3.27. The van der Waals surface area contributed by atoms with Crippen molar-refractivity contribution in [1.29, 1.82) is 0 Å². The van der Waals surface area contributed by atoms with E-state index in [4.69, 9.17) is 0 Å². The smallest absolute Gasteiger partial charge is 0.311 e. The summed E-state index contributed by atoms with van der Waals surface area (Å²) >= 11 is 0. The highest BCUT2D eigenvalue weighted by Crippen LogP contribution is 2.42. The number of aliphatic carboxylic acids is 1. The van der Waals surface area contributed by atoms with Crippen molar-refractivity contribution >= 4 is 11.9 Å². The Bertz CT molecular complexity index is 648. The van der Waals surface area contributed by atoms with E-state index in [0.717, 1.165) is 31.5 Å². The molecule has 2 aliphatic rings. The van der Waals surface area contributed by atoms with E-state index in [1.54, 1.807) is 18.0 Å². The van der Waals surface area contributed by atoms with Crippen LogP contribution in [0.3, 0.4) is 0 Å². The number of amides is 1. The quantitative estimate of drug-likeness (QED) is 0.899. The molecule has 0 aromatic carbocycles. The van der Waals surface area contributed by atoms with Crippen molar-refractivity contribution in [3.63, 3.8) is 0 Å². The van der Waals surface area contributed by atoms with Gasteiger partial charge in [0.05, 0.1) is 22.9 Å². The van der Waals surface area contributed by atoms with E-state index in [0.29, 0.717) is 30.4 Å². The second-order valence-electron chi connectivity index (χ2n) is 7.99. The number of likely N-dealkylation sites (tertiary alicyclic amines) is 1. The van der Waals surface area contributed by atoms with Crippen LogP contribution in [0.2, 0.25) is 0 Å². The number of rotatable bonds is 5. The first-order valence-corrected chi connectivity index (χ1v) is 8.90. The number of carbonyl (C=O) groups excluding carboxylic acids is 1. The highest BCUT2D eigenvalue weighted by atomic mass is 16.4. The van der Waals surface area contributed by atoms with Crippen molar-refractivity contribution < 1.29 is 14.7 Å². The highest BCUT2D eigenvalue weighted by molar-refractivity contribution is 5.96. The third-order valence-electron chi connectivity index (χ3n) is 5.11. The molecule has 1 aliphatic carbocycles. The standard InChI is InChI=1S/C18H27N3O3/c1-12(2)10-21-15(13-5-6-13)14(9-19-21)16(22)20-8-4-7-18(3,11-20)17(23)24/h9,12-13H,4-8,10-11H2,1-3H3,(H,23,24). The molecule has 2 heterocycles. The molecule has 0 spiro atoms. The van der Waals surface area contributed by atoms with Crippen LogP contribution in [-0.4, -0.2) is 44.8 Å². The van der Waals surface area contributed by atoms with Crippen LogP contribution in [0.5, 0.6) is 0 Å². The minimum Gasteiger partial charge on any atom is -0.481 e. The fourth-order valence-electron chi connectivity index (χ4n) is 3.60. The third-order valence-corrected chi connectivity index (χ3v) is 5.11. The molecule has 1 aromatic rings. The van der Waals surface area contributed by atoms with Crippen LogP contribution in [0.1, 0.15) is 68.4 Å². The van der Waals surface area contributed by atoms with Crippen LogP contribution in [-0.2, 0) is 11.3 Å². The molecule has 1 amide bonds. The molecule has 0 radical (unpaired) electrons. The van der Waals surface area contributed by atoms with Crippen molar-refractivity contribution in [2.45, 2.75) is 58.9 Å². The summed E-state index contributed by atoms with van der Waals surface area (Å²) in [5.41, 5.74) is 0.880. The number of hydrogen-bond acceptors (Lipinski definition) is 3. The zero-order valence-electron chi connectivity index (χ0n) is 14.8. The van der Waals surface area contributed by atoms with Crippen LogP contribution >= 0.6 is 0 Å². The van der Waals surface area contributed by atoms with Gasteiger partial charge in [0.15, 0.2) is 0 Å². The molecule has 2 fully saturated rings. The van der Waals surface area contributed by atoms with Crippen LogP contribution in [0.15, 0.2) is 6.20 Å². The van der Waals surface area contributed by atoms with Gasteiger partial charge in [0, 0.05) is 25.6 Å². The van der Waals surface area contributed by atoms with Crippen molar-refractivity contribution in [2.24, 2.45) is 11.3 Å². The maximum atomic E-state index is 13.0. The van der Waals surface area contributed by atoms with Crippen LogP contribution in [0, 0.1) is 11.3 Å². The van der Waals surface area contributed by atoms with Gasteiger partial charge in [-0.05, 0) is 38.5 Å². The van der Waals surface area contributed by atoms with Gasteiger partial charge in [-0.15, -0.1) is 0 Å². The van der Waals surface area contributed by atoms with Gasteiger partial charge in [-0.2, -0.15) is 5.10 Å². The molecule has 1 unspecified atom stereocenters. The fourth-order valence-corrected chi connectivity index (χ4v) is 3.60. The van der Waals surface area contributed by atoms with Gasteiger partial charge >= 0.3 is 5.97 Å². The monoisotopic (exact) mass is 333 g/mol. The number of carboxylic acids is 1. The Balaban J connectivity index is 1.85. The molecular weight excluding hydrogens is 306 g/mol. The van der Waals surface area contributed by atoms with Crippen molar-refractivity contribution in [3.8, 4) is 0 Å². The largest absolute Gasteiger partial charge is 0.481 e. The molecule has 6 heteroatoms. The van der Waals surface area contributed by atoms with Crippen LogP contribution in [0.25, 0.3) is 0 Å². The summed E-state index contributed by atoms with van der Waals surface area (Å²) in [7, 11) is 0. The van der Waals surface area contributed by atoms with Gasteiger partial charge in [0.1, 0.15) is 0 Å². The molecule has 1 aromatic heterocycles. The number of carboxylic acid groups (broad SMARTS) is 1. The maximum Gasteiger partial charge on any atom is 0.311 e. The number of nitrogens with zero attached hydrogens (tertiary/aromatic N) is 3. The lowest BCUT2D eigenvalue weighted by atomic mass is 9.82. The van der Waals surface area contributed by atoms with Gasteiger partial charge in [-0.3, -0.25) is 14.3 Å². The molecule has 6 nitrogen and oxygen atoms in total. The van der Waals surface area contributed by atoms with Crippen LogP contribution < -0.4 is 0 Å². The Kier molecular flexibility index (Phi) is 4.40. The Morgan fingerprint density at radius 3 is 2.71 bits per heavy atom. The molecule has 1 N–H and O–H groups in total. The summed E-state index contributed by atoms with van der Waals surface area (Å²) in [6, 6.07) is 0. The van der Waals surface area contributed by atoms with Gasteiger partial charge in [-0.25, -0.2) is 0 Å². The molecule has 1 saturated heterocycles. The second kappa shape index (κ2) is 6.22. The Hall–Kier alpha value is -1.85. The van der Waals surface area contributed by atoms with Crippen molar-refractivity contribution in [1.82, 2.24) is 14.7 Å². The first kappa shape index (κ1) is 17.0. The van der Waals surface area contributed by atoms with E-state index >= 15 is 0 Å². The maximum absolute atomic E-state index is 13.0. The summed E-state index contributed by atoms with van der Waals surface area (Å²) in [5, 5.41) is 13.9. The average molecular weight is 333 g/mol. The lowest BCUT2D eigenvalue weighted by Crippen LogP contribution is -2.48. The number of piperidine rings is 1. The SMILES string of the molecule is CC(C)Cn1ncc(C(=O)N2CCCC(C)(C(=O)O)C2)c1C1CC1. The van der Waals surface area contributed by atoms with Gasteiger partial charge in [-0.1, -0.05) is 13.8 Å². The van der Waals surface area contributed by atoms with E-state index in [1.807, 2.05) is 4.68 Å². The zero-order chi connectivity index (χ0) is 17.5. The number of hydrogen-bond donors (Lipinski definition) is 1. The summed E-state index contributed by atoms with van der Waals surface area (Å²) in [5.74, 6) is 0.0217. The van der Waals surface area contributed by atoms with Gasteiger partial charge in [0.2, 0.25) is 0 Å².